The average Bonchev–Trinajstić information content (AvgIpc) is 2.91. The van der Waals surface area contributed by atoms with Crippen molar-refractivity contribution in [3.05, 3.63) is 48.0 Å². The third-order valence-electron chi connectivity index (χ3n) is 3.62. The normalized spacial score (nSPS) is 11.1. The Morgan fingerprint density at radius 3 is 2.70 bits per heavy atom. The second-order valence-corrected chi connectivity index (χ2v) is 4.84. The predicted octanol–water partition coefficient (Wildman–Crippen LogP) is 3.13. The summed E-state index contributed by atoms with van der Waals surface area (Å²) in [4.78, 5) is 4.23. The van der Waals surface area contributed by atoms with E-state index < -0.39 is 0 Å². The van der Waals surface area contributed by atoms with Crippen molar-refractivity contribution in [3.8, 4) is 5.69 Å². The van der Waals surface area contributed by atoms with Gasteiger partial charge in [0.1, 0.15) is 0 Å². The third-order valence-corrected chi connectivity index (χ3v) is 3.62. The quantitative estimate of drug-likeness (QED) is 0.741. The molecule has 2 heterocycles. The van der Waals surface area contributed by atoms with Crippen LogP contribution in [0.3, 0.4) is 0 Å². The van der Waals surface area contributed by atoms with Crippen LogP contribution in [0.15, 0.2) is 36.7 Å². The maximum atomic E-state index is 6.05. The first-order valence-corrected chi connectivity index (χ1v) is 6.95. The van der Waals surface area contributed by atoms with Crippen LogP contribution in [0.25, 0.3) is 16.5 Å². The zero-order valence-electron chi connectivity index (χ0n) is 11.8. The molecule has 0 aliphatic carbocycles. The lowest BCUT2D eigenvalue weighted by atomic mass is 10.1. The first-order valence-electron chi connectivity index (χ1n) is 6.95. The molecule has 2 N–H and O–H groups in total. The standard InChI is InChI=1S/C16H18N4/c1-3-11-9-12(4-2)20(19-11)16-6-5-15(17)13-7-8-18-10-14(13)16/h5-10H,3-4,17H2,1-2H3. The van der Waals surface area contributed by atoms with Crippen molar-refractivity contribution in [2.75, 3.05) is 5.73 Å². The number of pyridine rings is 1. The monoisotopic (exact) mass is 266 g/mol. The lowest BCUT2D eigenvalue weighted by Crippen LogP contribution is -2.03. The molecule has 4 heteroatoms. The molecule has 0 aliphatic heterocycles. The smallest absolute Gasteiger partial charge is 0.0744 e. The minimum absolute atomic E-state index is 0.770. The van der Waals surface area contributed by atoms with Crippen molar-refractivity contribution in [2.24, 2.45) is 0 Å². The van der Waals surface area contributed by atoms with Crippen LogP contribution < -0.4 is 5.73 Å². The highest BCUT2D eigenvalue weighted by atomic mass is 15.3. The number of hydrogen-bond donors (Lipinski definition) is 1. The summed E-state index contributed by atoms with van der Waals surface area (Å²) in [6.07, 6.45) is 5.50. The van der Waals surface area contributed by atoms with E-state index in [4.69, 9.17) is 10.8 Å². The maximum absolute atomic E-state index is 6.05. The highest BCUT2D eigenvalue weighted by Gasteiger charge is 2.11. The number of nitrogen functional groups attached to an aromatic ring is 1. The second kappa shape index (κ2) is 4.96. The Bertz CT molecular complexity index is 758. The molecule has 0 spiro atoms. The van der Waals surface area contributed by atoms with Crippen LogP contribution in [0.1, 0.15) is 25.2 Å². The van der Waals surface area contributed by atoms with Gasteiger partial charge in [-0.05, 0) is 37.1 Å². The Morgan fingerprint density at radius 1 is 1.10 bits per heavy atom. The number of fused-ring (bicyclic) bond motifs is 1. The molecule has 3 aromatic rings. The second-order valence-electron chi connectivity index (χ2n) is 4.84. The molecule has 4 nitrogen and oxygen atoms in total. The van der Waals surface area contributed by atoms with Gasteiger partial charge in [0.2, 0.25) is 0 Å². The Kier molecular flexibility index (Phi) is 3.14. The summed E-state index contributed by atoms with van der Waals surface area (Å²) >= 11 is 0. The van der Waals surface area contributed by atoms with Crippen LogP contribution >= 0.6 is 0 Å². The van der Waals surface area contributed by atoms with E-state index in [0.29, 0.717) is 0 Å². The molecule has 0 radical (unpaired) electrons. The van der Waals surface area contributed by atoms with E-state index in [-0.39, 0.29) is 0 Å². The largest absolute Gasteiger partial charge is 0.398 e. The van der Waals surface area contributed by atoms with Crippen LogP contribution in [-0.4, -0.2) is 14.8 Å². The van der Waals surface area contributed by atoms with E-state index in [1.165, 1.54) is 5.69 Å². The maximum Gasteiger partial charge on any atom is 0.0744 e. The first-order chi connectivity index (χ1) is 9.74. The van der Waals surface area contributed by atoms with Crippen LogP contribution in [0.4, 0.5) is 5.69 Å². The summed E-state index contributed by atoms with van der Waals surface area (Å²) in [6.45, 7) is 4.26. The van der Waals surface area contributed by atoms with Crippen molar-refractivity contribution in [1.82, 2.24) is 14.8 Å². The fraction of sp³-hybridized carbons (Fsp3) is 0.250. The summed E-state index contributed by atoms with van der Waals surface area (Å²) in [5.74, 6) is 0. The van der Waals surface area contributed by atoms with Gasteiger partial charge in [0.15, 0.2) is 0 Å². The topological polar surface area (TPSA) is 56.7 Å². The Balaban J connectivity index is 2.30. The van der Waals surface area contributed by atoms with E-state index in [0.717, 1.165) is 40.7 Å². The van der Waals surface area contributed by atoms with Crippen molar-refractivity contribution in [2.45, 2.75) is 26.7 Å². The van der Waals surface area contributed by atoms with Gasteiger partial charge in [-0.25, -0.2) is 4.68 Å². The zero-order chi connectivity index (χ0) is 14.1. The molecule has 0 bridgehead atoms. The van der Waals surface area contributed by atoms with Crippen LogP contribution in [0.2, 0.25) is 0 Å². The van der Waals surface area contributed by atoms with Crippen molar-refractivity contribution in [3.63, 3.8) is 0 Å². The SMILES string of the molecule is CCc1cc(CC)n(-c2ccc(N)c3ccncc23)n1. The van der Waals surface area contributed by atoms with Gasteiger partial charge in [0, 0.05) is 34.5 Å². The van der Waals surface area contributed by atoms with Crippen molar-refractivity contribution >= 4 is 16.5 Å². The number of aromatic nitrogens is 3. The molecular weight excluding hydrogens is 248 g/mol. The van der Waals surface area contributed by atoms with E-state index in [1.807, 2.05) is 29.1 Å². The van der Waals surface area contributed by atoms with Crippen molar-refractivity contribution in [1.29, 1.82) is 0 Å². The molecule has 102 valence electrons. The van der Waals surface area contributed by atoms with Gasteiger partial charge in [0.05, 0.1) is 11.4 Å². The summed E-state index contributed by atoms with van der Waals surface area (Å²) < 4.78 is 2.02. The molecule has 0 atom stereocenters. The minimum atomic E-state index is 0.770. The summed E-state index contributed by atoms with van der Waals surface area (Å²) in [6, 6.07) is 8.07. The zero-order valence-corrected chi connectivity index (χ0v) is 11.8. The summed E-state index contributed by atoms with van der Waals surface area (Å²) in [7, 11) is 0. The number of aryl methyl sites for hydroxylation is 2. The van der Waals surface area contributed by atoms with Gasteiger partial charge >= 0.3 is 0 Å². The minimum Gasteiger partial charge on any atom is -0.398 e. The average molecular weight is 266 g/mol. The van der Waals surface area contributed by atoms with E-state index in [2.05, 4.69) is 24.9 Å². The summed E-state index contributed by atoms with van der Waals surface area (Å²) in [5, 5.41) is 6.75. The Morgan fingerprint density at radius 2 is 1.95 bits per heavy atom. The lowest BCUT2D eigenvalue weighted by Gasteiger charge is -2.11. The molecule has 0 saturated heterocycles. The molecule has 20 heavy (non-hydrogen) atoms. The summed E-state index contributed by atoms with van der Waals surface area (Å²) in [5.41, 5.74) is 10.2. The molecule has 3 rings (SSSR count). The number of benzene rings is 1. The molecule has 0 unspecified atom stereocenters. The van der Waals surface area contributed by atoms with Crippen LogP contribution in [-0.2, 0) is 12.8 Å². The fourth-order valence-electron chi connectivity index (χ4n) is 2.49. The van der Waals surface area contributed by atoms with Gasteiger partial charge in [0.25, 0.3) is 0 Å². The Hall–Kier alpha value is -2.36. The van der Waals surface area contributed by atoms with Crippen LogP contribution in [0.5, 0.6) is 0 Å². The van der Waals surface area contributed by atoms with Gasteiger partial charge in [-0.2, -0.15) is 5.10 Å². The van der Waals surface area contributed by atoms with E-state index >= 15 is 0 Å². The molecule has 1 aromatic carbocycles. The van der Waals surface area contributed by atoms with Gasteiger partial charge < -0.3 is 5.73 Å². The van der Waals surface area contributed by atoms with Crippen LogP contribution in [0, 0.1) is 0 Å². The highest BCUT2D eigenvalue weighted by Crippen LogP contribution is 2.27. The first kappa shape index (κ1) is 12.7. The molecule has 0 aliphatic rings. The third kappa shape index (κ3) is 1.93. The predicted molar refractivity (Wildman–Crippen MR) is 82.0 cm³/mol. The molecule has 2 aromatic heterocycles. The van der Waals surface area contributed by atoms with Gasteiger partial charge in [-0.15, -0.1) is 0 Å². The van der Waals surface area contributed by atoms with Gasteiger partial charge in [-0.1, -0.05) is 13.8 Å². The molecular formula is C16H18N4. The number of rotatable bonds is 3. The lowest BCUT2D eigenvalue weighted by molar-refractivity contribution is 0.799. The Labute approximate surface area is 118 Å². The van der Waals surface area contributed by atoms with E-state index in [1.54, 1.807) is 6.20 Å². The number of nitrogens with two attached hydrogens (primary N) is 1. The highest BCUT2D eigenvalue weighted by molar-refractivity contribution is 5.97. The number of anilines is 1. The van der Waals surface area contributed by atoms with Gasteiger partial charge in [-0.3, -0.25) is 4.98 Å². The number of nitrogens with zero attached hydrogens (tertiary/aromatic N) is 3. The molecule has 0 amide bonds. The number of hydrogen-bond acceptors (Lipinski definition) is 3. The van der Waals surface area contributed by atoms with E-state index in [9.17, 15) is 0 Å². The van der Waals surface area contributed by atoms with Crippen molar-refractivity contribution < 1.29 is 0 Å². The fourth-order valence-corrected chi connectivity index (χ4v) is 2.49. The molecule has 0 fully saturated rings. The molecule has 0 saturated carbocycles.